The van der Waals surface area contributed by atoms with Crippen LogP contribution >= 0.6 is 0 Å². The smallest absolute Gasteiger partial charge is 0.870 e. The van der Waals surface area contributed by atoms with Gasteiger partial charge in [-0.15, -0.1) is 0 Å². The Balaban J connectivity index is -0.000000270. The predicted octanol–water partition coefficient (Wildman–Crippen LogP) is -2.88. The van der Waals surface area contributed by atoms with Crippen molar-refractivity contribution in [1.29, 1.82) is 0 Å². The third kappa shape index (κ3) is 5.41. The molecular weight excluding hydrogens is 203 g/mol. The first-order valence-corrected chi connectivity index (χ1v) is 3.35. The van der Waals surface area contributed by atoms with Crippen LogP contribution in [0.5, 0.6) is 0 Å². The second-order valence-electron chi connectivity index (χ2n) is 1.14. The van der Waals surface area contributed by atoms with E-state index in [0.29, 0.717) is 0 Å². The van der Waals surface area contributed by atoms with Crippen LogP contribution in [0.4, 0.5) is 9.59 Å². The van der Waals surface area contributed by atoms with Gasteiger partial charge in [0.25, 0.3) is 0 Å². The Morgan fingerprint density at radius 2 is 1.92 bits per heavy atom. The molecule has 0 bridgehead atoms. The van der Waals surface area contributed by atoms with Crippen LogP contribution < -0.4 is 5.11 Å². The van der Waals surface area contributed by atoms with Crippen LogP contribution in [-0.4, -0.2) is 61.5 Å². The number of hydrogen-bond donors (Lipinski definition) is 0. The number of rotatable bonds is 1. The minimum Gasteiger partial charge on any atom is -0.870 e. The van der Waals surface area contributed by atoms with E-state index < -0.39 is 27.5 Å². The zero-order valence-electron chi connectivity index (χ0n) is 5.68. The number of carbonyl (C=O) groups is 2. The molecule has 0 spiro atoms. The van der Waals surface area contributed by atoms with Crippen molar-refractivity contribution < 1.29 is 37.0 Å². The van der Waals surface area contributed by atoms with E-state index in [1.54, 1.807) is 0 Å². The fraction of sp³-hybridized carbons (Fsp3) is 0. The van der Waals surface area contributed by atoms with Crippen LogP contribution in [0, 0.1) is 0 Å². The van der Waals surface area contributed by atoms with Crippen molar-refractivity contribution in [2.24, 2.45) is 0 Å². The first kappa shape index (κ1) is 17.7. The monoisotopic (exact) mass is 206 g/mol. The molecular formula is C2H3AlMgO8. The SMILES string of the molecule is O.O=C([O-])[O][Al]1[O]C(=O)[O]1.[Mg+2].[OH-]. The average Bonchev–Trinajstić information content (AvgIpc) is 1.60. The van der Waals surface area contributed by atoms with Gasteiger partial charge in [-0.25, -0.2) is 4.79 Å². The summed E-state index contributed by atoms with van der Waals surface area (Å²) in [4.78, 5) is 19.3. The van der Waals surface area contributed by atoms with E-state index in [1.165, 1.54) is 0 Å². The molecule has 10 heteroatoms. The van der Waals surface area contributed by atoms with Gasteiger partial charge >= 0.3 is 44.4 Å². The molecule has 0 radical (unpaired) electrons. The molecule has 0 aromatic carbocycles. The first-order chi connectivity index (χ1) is 4.18. The van der Waals surface area contributed by atoms with Gasteiger partial charge in [0.2, 0.25) is 6.16 Å². The second-order valence-corrected chi connectivity index (χ2v) is 2.43. The number of carboxylic acid groups (broad SMARTS) is 1. The van der Waals surface area contributed by atoms with Gasteiger partial charge in [0, 0.05) is 0 Å². The summed E-state index contributed by atoms with van der Waals surface area (Å²) in [7, 11) is 0. The summed E-state index contributed by atoms with van der Waals surface area (Å²) in [6.07, 6.45) is -2.63. The molecule has 64 valence electrons. The van der Waals surface area contributed by atoms with Crippen molar-refractivity contribution >= 4 is 50.5 Å². The van der Waals surface area contributed by atoms with Crippen LogP contribution in [0.25, 0.3) is 0 Å². The van der Waals surface area contributed by atoms with Crippen molar-refractivity contribution in [3.05, 3.63) is 0 Å². The van der Waals surface area contributed by atoms with E-state index in [9.17, 15) is 14.7 Å². The minimum absolute atomic E-state index is 0. The Morgan fingerprint density at radius 3 is 2.17 bits per heavy atom. The molecule has 0 unspecified atom stereocenters. The van der Waals surface area contributed by atoms with Crippen molar-refractivity contribution in [2.45, 2.75) is 0 Å². The maximum atomic E-state index is 9.79. The topological polar surface area (TPSA) is 146 Å². The normalized spacial score (nSPS) is 11.3. The largest absolute Gasteiger partial charge is 2.00 e. The van der Waals surface area contributed by atoms with Crippen LogP contribution in [0.2, 0.25) is 0 Å². The van der Waals surface area contributed by atoms with Crippen molar-refractivity contribution in [3.8, 4) is 0 Å². The Bertz CT molecular complexity index is 151. The maximum Gasteiger partial charge on any atom is 2.00 e. The Kier molecular flexibility index (Phi) is 11.0. The summed E-state index contributed by atoms with van der Waals surface area (Å²) in [5, 5.41) is 9.54. The molecule has 0 aromatic rings. The van der Waals surface area contributed by atoms with E-state index in [1.807, 2.05) is 0 Å². The molecule has 0 aliphatic carbocycles. The Hall–Kier alpha value is -0.241. The molecule has 1 aliphatic rings. The third-order valence-electron chi connectivity index (χ3n) is 0.577. The molecule has 8 nitrogen and oxygen atoms in total. The molecule has 0 aromatic heterocycles. The molecule has 1 rings (SSSR count). The summed E-state index contributed by atoms with van der Waals surface area (Å²) in [6, 6.07) is 0. The van der Waals surface area contributed by atoms with Crippen LogP contribution in [0.3, 0.4) is 0 Å². The zero-order chi connectivity index (χ0) is 6.85. The molecule has 0 saturated carbocycles. The van der Waals surface area contributed by atoms with Crippen LogP contribution in [0.15, 0.2) is 0 Å². The van der Waals surface area contributed by atoms with E-state index in [-0.39, 0.29) is 34.0 Å². The number of carbonyl (C=O) groups excluding carboxylic acids is 2. The summed E-state index contributed by atoms with van der Waals surface area (Å²) >= 11 is -2.63. The van der Waals surface area contributed by atoms with Crippen molar-refractivity contribution in [1.82, 2.24) is 0 Å². The second kappa shape index (κ2) is 7.41. The Labute approximate surface area is 87.5 Å². The van der Waals surface area contributed by atoms with Crippen molar-refractivity contribution in [3.63, 3.8) is 0 Å². The zero-order valence-corrected chi connectivity index (χ0v) is 8.25. The molecule has 3 N–H and O–H groups in total. The first-order valence-electron chi connectivity index (χ1n) is 1.93. The van der Waals surface area contributed by atoms with Gasteiger partial charge in [0.05, 0.1) is 0 Å². The van der Waals surface area contributed by atoms with Gasteiger partial charge in [-0.05, 0) is 0 Å². The maximum absolute atomic E-state index is 9.79. The van der Waals surface area contributed by atoms with E-state index in [4.69, 9.17) is 0 Å². The van der Waals surface area contributed by atoms with Gasteiger partial charge in [0.15, 0.2) is 0 Å². The predicted molar refractivity (Wildman–Crippen MR) is 31.1 cm³/mol. The summed E-state index contributed by atoms with van der Waals surface area (Å²) in [5.41, 5.74) is 0. The molecule has 0 atom stereocenters. The van der Waals surface area contributed by atoms with Gasteiger partial charge in [-0.1, -0.05) is 0 Å². The van der Waals surface area contributed by atoms with E-state index in [0.717, 1.165) is 0 Å². The van der Waals surface area contributed by atoms with Gasteiger partial charge < -0.3 is 32.2 Å². The molecule has 0 amide bonds. The van der Waals surface area contributed by atoms with Crippen LogP contribution in [0.1, 0.15) is 0 Å². The fourth-order valence-electron chi connectivity index (χ4n) is 0.293. The van der Waals surface area contributed by atoms with Crippen molar-refractivity contribution in [2.75, 3.05) is 0 Å². The summed E-state index contributed by atoms with van der Waals surface area (Å²) in [5.74, 6) is 0. The summed E-state index contributed by atoms with van der Waals surface area (Å²) in [6.45, 7) is 0. The molecule has 12 heavy (non-hydrogen) atoms. The van der Waals surface area contributed by atoms with E-state index >= 15 is 0 Å². The Morgan fingerprint density at radius 1 is 1.50 bits per heavy atom. The minimum atomic E-state index is -2.63. The standard InChI is InChI=1S/2CH2O3.Al.Mg.2H2O/c2*2-1(3)4;;;;/h2*(H2,2,3,4);;;2*1H2/q;;+3;+2;;/p-5. The molecule has 1 saturated heterocycles. The van der Waals surface area contributed by atoms with Crippen LogP contribution in [-0.2, 0) is 11.4 Å². The van der Waals surface area contributed by atoms with E-state index in [2.05, 4.69) is 11.4 Å². The summed E-state index contributed by atoms with van der Waals surface area (Å²) < 4.78 is 12.0. The van der Waals surface area contributed by atoms with Gasteiger partial charge in [-0.3, -0.25) is 0 Å². The number of hydrogen-bond acceptors (Lipinski definition) is 7. The van der Waals surface area contributed by atoms with Gasteiger partial charge in [-0.2, -0.15) is 0 Å². The molecule has 1 aliphatic heterocycles. The average molecular weight is 206 g/mol. The molecule has 1 heterocycles. The third-order valence-corrected chi connectivity index (χ3v) is 1.73. The quantitative estimate of drug-likeness (QED) is 0.418. The fourth-order valence-corrected chi connectivity index (χ4v) is 0.878. The van der Waals surface area contributed by atoms with Gasteiger partial charge in [0.1, 0.15) is 0 Å². The molecule has 1 fully saturated rings.